The highest BCUT2D eigenvalue weighted by Crippen LogP contribution is 2.21. The molecule has 0 unspecified atom stereocenters. The molecule has 0 bridgehead atoms. The number of rotatable bonds is 7. The molecule has 2 N–H and O–H groups in total. The van der Waals surface area contributed by atoms with E-state index in [0.717, 1.165) is 28.8 Å². The average Bonchev–Trinajstić information content (AvgIpc) is 3.08. The lowest BCUT2D eigenvalue weighted by molar-refractivity contribution is 0.415. The van der Waals surface area contributed by atoms with Crippen molar-refractivity contribution < 1.29 is 4.74 Å². The summed E-state index contributed by atoms with van der Waals surface area (Å²) in [6.07, 6.45) is 1.94. The summed E-state index contributed by atoms with van der Waals surface area (Å²) in [6.45, 7) is 2.80. The van der Waals surface area contributed by atoms with Gasteiger partial charge in [0.25, 0.3) is 0 Å². The Bertz CT molecular complexity index is 828. The summed E-state index contributed by atoms with van der Waals surface area (Å²) in [4.78, 5) is 4.49. The summed E-state index contributed by atoms with van der Waals surface area (Å²) >= 11 is 1.33. The molecule has 0 amide bonds. The predicted molar refractivity (Wildman–Crippen MR) is 103 cm³/mol. The summed E-state index contributed by atoms with van der Waals surface area (Å²) < 4.78 is 9.52. The van der Waals surface area contributed by atoms with E-state index in [-0.39, 0.29) is 0 Å². The number of anilines is 2. The van der Waals surface area contributed by atoms with Gasteiger partial charge in [-0.05, 0) is 36.8 Å². The zero-order valence-electron chi connectivity index (χ0n) is 14.2. The van der Waals surface area contributed by atoms with Gasteiger partial charge in [0.15, 0.2) is 5.82 Å². The maximum Gasteiger partial charge on any atom is 0.207 e. The predicted octanol–water partition coefficient (Wildman–Crippen LogP) is 4.44. The maximum absolute atomic E-state index is 5.15. The number of ether oxygens (including phenoxy) is 1. The lowest BCUT2D eigenvalue weighted by Gasteiger charge is -2.05. The molecular formula is C19H20N4OS. The second kappa shape index (κ2) is 8.30. The molecule has 0 aliphatic rings. The summed E-state index contributed by atoms with van der Waals surface area (Å²) in [5.41, 5.74) is 3.22. The highest BCUT2D eigenvalue weighted by molar-refractivity contribution is 7.09. The number of allylic oxidation sites excluding steroid dienone is 1. The van der Waals surface area contributed by atoms with Crippen LogP contribution in [0.3, 0.4) is 0 Å². The Labute approximate surface area is 151 Å². The van der Waals surface area contributed by atoms with Gasteiger partial charge in [-0.25, -0.2) is 0 Å². The monoisotopic (exact) mass is 352 g/mol. The van der Waals surface area contributed by atoms with Crippen molar-refractivity contribution in [3.05, 3.63) is 71.7 Å². The van der Waals surface area contributed by atoms with Crippen LogP contribution >= 0.6 is 11.5 Å². The first-order valence-electron chi connectivity index (χ1n) is 7.94. The lowest BCUT2D eigenvalue weighted by atomic mass is 10.2. The summed E-state index contributed by atoms with van der Waals surface area (Å²) in [5, 5.41) is 7.37. The summed E-state index contributed by atoms with van der Waals surface area (Å²) in [7, 11) is 1.65. The minimum absolute atomic E-state index is 0.694. The maximum atomic E-state index is 5.15. The van der Waals surface area contributed by atoms with Crippen molar-refractivity contribution in [1.29, 1.82) is 0 Å². The van der Waals surface area contributed by atoms with E-state index >= 15 is 0 Å². The van der Waals surface area contributed by atoms with Crippen LogP contribution in [0, 0.1) is 0 Å². The molecular weight excluding hydrogens is 332 g/mol. The van der Waals surface area contributed by atoms with E-state index in [2.05, 4.69) is 32.1 Å². The first-order valence-corrected chi connectivity index (χ1v) is 8.71. The van der Waals surface area contributed by atoms with Gasteiger partial charge in [0, 0.05) is 35.5 Å². The van der Waals surface area contributed by atoms with Gasteiger partial charge in [0.05, 0.1) is 7.11 Å². The van der Waals surface area contributed by atoms with E-state index in [0.29, 0.717) is 5.82 Å². The lowest BCUT2D eigenvalue weighted by Crippen LogP contribution is -2.10. The van der Waals surface area contributed by atoms with Crippen molar-refractivity contribution in [2.75, 3.05) is 12.4 Å². The normalized spacial score (nSPS) is 11.2. The van der Waals surface area contributed by atoms with E-state index in [1.54, 1.807) is 7.11 Å². The SMILES string of the molecule is COc1ccc(Nc2nc(/C=C(\C)NCc3ccccc3)ns2)cc1. The van der Waals surface area contributed by atoms with E-state index < -0.39 is 0 Å². The van der Waals surface area contributed by atoms with E-state index in [9.17, 15) is 0 Å². The molecule has 5 nitrogen and oxygen atoms in total. The second-order valence-corrected chi connectivity index (χ2v) is 6.23. The summed E-state index contributed by atoms with van der Waals surface area (Å²) in [6, 6.07) is 18.0. The van der Waals surface area contributed by atoms with Gasteiger partial charge in [0.1, 0.15) is 5.75 Å². The van der Waals surface area contributed by atoms with Crippen LogP contribution in [0.2, 0.25) is 0 Å². The molecule has 0 fully saturated rings. The van der Waals surface area contributed by atoms with E-state index in [1.807, 2.05) is 55.5 Å². The van der Waals surface area contributed by atoms with Crippen molar-refractivity contribution in [3.63, 3.8) is 0 Å². The highest BCUT2D eigenvalue weighted by atomic mass is 32.1. The molecule has 0 saturated carbocycles. The Morgan fingerprint density at radius 2 is 1.88 bits per heavy atom. The molecule has 1 heterocycles. The largest absolute Gasteiger partial charge is 0.497 e. The second-order valence-electron chi connectivity index (χ2n) is 5.48. The van der Waals surface area contributed by atoms with Crippen molar-refractivity contribution in [2.24, 2.45) is 0 Å². The standard InChI is InChI=1S/C19H20N4OS/c1-14(20-13-15-6-4-3-5-7-15)12-18-22-19(25-23-18)21-16-8-10-17(24-2)11-9-16/h3-12,20H,13H2,1-2H3,(H,21,22,23)/b14-12+. The van der Waals surface area contributed by atoms with Crippen LogP contribution in [0.1, 0.15) is 18.3 Å². The minimum Gasteiger partial charge on any atom is -0.497 e. The van der Waals surface area contributed by atoms with Crippen LogP contribution in [-0.2, 0) is 6.54 Å². The molecule has 0 saturated heterocycles. The smallest absolute Gasteiger partial charge is 0.207 e. The van der Waals surface area contributed by atoms with Crippen molar-refractivity contribution in [1.82, 2.24) is 14.7 Å². The Hall–Kier alpha value is -2.86. The van der Waals surface area contributed by atoms with Gasteiger partial charge in [0.2, 0.25) is 5.13 Å². The van der Waals surface area contributed by atoms with Gasteiger partial charge < -0.3 is 15.4 Å². The summed E-state index contributed by atoms with van der Waals surface area (Å²) in [5.74, 6) is 1.52. The van der Waals surface area contributed by atoms with E-state index in [1.165, 1.54) is 17.1 Å². The van der Waals surface area contributed by atoms with E-state index in [4.69, 9.17) is 4.74 Å². The minimum atomic E-state index is 0.694. The zero-order valence-corrected chi connectivity index (χ0v) is 15.0. The molecule has 1 aromatic heterocycles. The van der Waals surface area contributed by atoms with Crippen LogP contribution in [0.15, 0.2) is 60.3 Å². The molecule has 128 valence electrons. The Balaban J connectivity index is 1.58. The quantitative estimate of drug-likeness (QED) is 0.658. The molecule has 25 heavy (non-hydrogen) atoms. The molecule has 0 aliphatic heterocycles. The Morgan fingerprint density at radius 3 is 2.60 bits per heavy atom. The fourth-order valence-corrected chi connectivity index (χ4v) is 2.80. The number of methoxy groups -OCH3 is 1. The van der Waals surface area contributed by atoms with Crippen LogP contribution in [0.25, 0.3) is 6.08 Å². The fraction of sp³-hybridized carbons (Fsp3) is 0.158. The third-order valence-corrected chi connectivity index (χ3v) is 4.19. The fourth-order valence-electron chi connectivity index (χ4n) is 2.22. The number of hydrogen-bond acceptors (Lipinski definition) is 6. The van der Waals surface area contributed by atoms with Gasteiger partial charge in [-0.2, -0.15) is 9.36 Å². The molecule has 3 rings (SSSR count). The molecule has 0 atom stereocenters. The van der Waals surface area contributed by atoms with Crippen LogP contribution < -0.4 is 15.4 Å². The third kappa shape index (κ3) is 5.06. The van der Waals surface area contributed by atoms with Gasteiger partial charge in [-0.15, -0.1) is 0 Å². The highest BCUT2D eigenvalue weighted by Gasteiger charge is 2.03. The number of nitrogens with zero attached hydrogens (tertiary/aromatic N) is 2. The number of hydrogen-bond donors (Lipinski definition) is 2. The van der Waals surface area contributed by atoms with Gasteiger partial charge in [-0.1, -0.05) is 30.3 Å². The molecule has 6 heteroatoms. The van der Waals surface area contributed by atoms with Gasteiger partial charge in [-0.3, -0.25) is 0 Å². The molecule has 0 aliphatic carbocycles. The molecule has 2 aromatic carbocycles. The van der Waals surface area contributed by atoms with Crippen LogP contribution in [-0.4, -0.2) is 16.5 Å². The topological polar surface area (TPSA) is 59.1 Å². The van der Waals surface area contributed by atoms with Crippen molar-refractivity contribution >= 4 is 28.4 Å². The van der Waals surface area contributed by atoms with Crippen LogP contribution in [0.4, 0.5) is 10.8 Å². The molecule has 0 radical (unpaired) electrons. The first kappa shape index (κ1) is 17.0. The Morgan fingerprint density at radius 1 is 1.12 bits per heavy atom. The third-order valence-electron chi connectivity index (χ3n) is 3.54. The van der Waals surface area contributed by atoms with Gasteiger partial charge >= 0.3 is 0 Å². The first-order chi connectivity index (χ1) is 12.2. The molecule has 0 spiro atoms. The number of nitrogens with one attached hydrogen (secondary N) is 2. The Kier molecular flexibility index (Phi) is 5.64. The average molecular weight is 352 g/mol. The molecule has 3 aromatic rings. The number of benzene rings is 2. The van der Waals surface area contributed by atoms with Crippen molar-refractivity contribution in [2.45, 2.75) is 13.5 Å². The number of aromatic nitrogens is 2. The van der Waals surface area contributed by atoms with Crippen LogP contribution in [0.5, 0.6) is 5.75 Å². The zero-order chi connectivity index (χ0) is 17.5. The van der Waals surface area contributed by atoms with Crippen molar-refractivity contribution in [3.8, 4) is 5.75 Å².